The number of anilines is 1. The number of nitro groups is 1. The molecule has 1 heterocycles. The molecule has 1 aromatic heterocycles. The average molecular weight is 395 g/mol. The van der Waals surface area contributed by atoms with Crippen LogP contribution in [0.1, 0.15) is 11.8 Å². The van der Waals surface area contributed by atoms with E-state index >= 15 is 0 Å². The van der Waals surface area contributed by atoms with Gasteiger partial charge in [0.25, 0.3) is 5.69 Å². The van der Waals surface area contributed by atoms with E-state index in [9.17, 15) is 14.9 Å². The topological polar surface area (TPSA) is 159 Å². The minimum Gasteiger partial charge on any atom is -0.473 e. The Kier molecular flexibility index (Phi) is 8.56. The molecule has 1 unspecified atom stereocenters. The van der Waals surface area contributed by atoms with Crippen LogP contribution in [0.15, 0.2) is 41.8 Å². The van der Waals surface area contributed by atoms with E-state index in [1.54, 1.807) is 24.3 Å². The number of carbonyl (C=O) groups excluding carboxylic acids is 1. The van der Waals surface area contributed by atoms with E-state index in [-0.39, 0.29) is 11.6 Å². The van der Waals surface area contributed by atoms with Crippen LogP contribution in [0.2, 0.25) is 0 Å². The Morgan fingerprint density at radius 3 is 2.37 bits per heavy atom. The molecule has 0 aliphatic heterocycles. The summed E-state index contributed by atoms with van der Waals surface area (Å²) in [6, 6.07) is 9.43. The molecule has 27 heavy (non-hydrogen) atoms. The maximum absolute atomic E-state index is 12.0. The van der Waals surface area contributed by atoms with Gasteiger partial charge < -0.3 is 20.8 Å². The van der Waals surface area contributed by atoms with Gasteiger partial charge in [-0.05, 0) is 24.4 Å². The summed E-state index contributed by atoms with van der Waals surface area (Å²) in [7, 11) is 0. The number of aliphatic carboxylic acids is 2. The number of nitrogens with one attached hydrogen (secondary N) is 2. The molecule has 10 nitrogen and oxygen atoms in total. The molecule has 0 saturated heterocycles. The number of nitrogens with zero attached hydrogens (tertiary/aromatic N) is 1. The number of hydrogen-bond donors (Lipinski definition) is 4. The van der Waals surface area contributed by atoms with E-state index in [4.69, 9.17) is 19.8 Å². The van der Waals surface area contributed by atoms with Crippen LogP contribution in [0, 0.1) is 10.1 Å². The molecule has 1 aromatic carbocycles. The Balaban J connectivity index is 0.000000527. The molecule has 2 rings (SSSR count). The van der Waals surface area contributed by atoms with Crippen molar-refractivity contribution in [2.75, 3.05) is 5.32 Å². The van der Waals surface area contributed by atoms with E-state index in [1.807, 2.05) is 17.5 Å². The summed E-state index contributed by atoms with van der Waals surface area (Å²) in [4.78, 5) is 41.6. The Morgan fingerprint density at radius 2 is 1.85 bits per heavy atom. The van der Waals surface area contributed by atoms with Crippen molar-refractivity contribution in [3.05, 3.63) is 56.8 Å². The number of nitro benzene ring substituents is 1. The van der Waals surface area contributed by atoms with Crippen LogP contribution in [0.4, 0.5) is 11.4 Å². The van der Waals surface area contributed by atoms with E-state index < -0.39 is 22.9 Å². The number of carboxylic acid groups (broad SMARTS) is 2. The molecule has 0 bridgehead atoms. The number of carboxylic acids is 2. The van der Waals surface area contributed by atoms with Gasteiger partial charge in [0.1, 0.15) is 0 Å². The van der Waals surface area contributed by atoms with Gasteiger partial charge in [0, 0.05) is 29.2 Å². The number of amides is 1. The summed E-state index contributed by atoms with van der Waals surface area (Å²) in [6.07, 6.45) is 0. The van der Waals surface area contributed by atoms with Crippen molar-refractivity contribution in [2.45, 2.75) is 19.5 Å². The van der Waals surface area contributed by atoms with Gasteiger partial charge in [0.2, 0.25) is 5.91 Å². The van der Waals surface area contributed by atoms with Gasteiger partial charge in [-0.1, -0.05) is 12.1 Å². The lowest BCUT2D eigenvalue weighted by atomic mass is 10.2. The lowest BCUT2D eigenvalue weighted by Crippen LogP contribution is -2.37. The molecule has 1 amide bonds. The third-order valence-electron chi connectivity index (χ3n) is 3.06. The summed E-state index contributed by atoms with van der Waals surface area (Å²) < 4.78 is 0. The summed E-state index contributed by atoms with van der Waals surface area (Å²) in [5.41, 5.74) is 0.367. The van der Waals surface area contributed by atoms with E-state index in [2.05, 4.69) is 10.6 Å². The van der Waals surface area contributed by atoms with Crippen LogP contribution in [-0.4, -0.2) is 39.0 Å². The Morgan fingerprint density at radius 1 is 1.19 bits per heavy atom. The summed E-state index contributed by atoms with van der Waals surface area (Å²) >= 11 is 1.62. The largest absolute Gasteiger partial charge is 0.473 e. The first-order valence-electron chi connectivity index (χ1n) is 7.48. The Bertz CT molecular complexity index is 796. The van der Waals surface area contributed by atoms with Crippen LogP contribution in [-0.2, 0) is 20.9 Å². The van der Waals surface area contributed by atoms with Gasteiger partial charge in [0.15, 0.2) is 0 Å². The maximum atomic E-state index is 12.0. The number of carbonyl (C=O) groups is 3. The minimum absolute atomic E-state index is 0.0491. The Labute approximate surface area is 157 Å². The maximum Gasteiger partial charge on any atom is 0.414 e. The molecule has 0 radical (unpaired) electrons. The summed E-state index contributed by atoms with van der Waals surface area (Å²) in [6.45, 7) is 2.36. The van der Waals surface area contributed by atoms with Gasteiger partial charge in [-0.25, -0.2) is 9.59 Å². The van der Waals surface area contributed by atoms with Crippen molar-refractivity contribution in [3.63, 3.8) is 0 Å². The highest BCUT2D eigenvalue weighted by Gasteiger charge is 2.14. The van der Waals surface area contributed by atoms with E-state index in [0.29, 0.717) is 12.2 Å². The van der Waals surface area contributed by atoms with Crippen molar-refractivity contribution in [3.8, 4) is 0 Å². The molecule has 1 atom stereocenters. The van der Waals surface area contributed by atoms with E-state index in [1.165, 1.54) is 18.2 Å². The molecule has 4 N–H and O–H groups in total. The lowest BCUT2D eigenvalue weighted by Gasteiger charge is -2.13. The third kappa shape index (κ3) is 8.07. The monoisotopic (exact) mass is 395 g/mol. The number of rotatable bonds is 6. The van der Waals surface area contributed by atoms with Crippen molar-refractivity contribution in [2.24, 2.45) is 0 Å². The fraction of sp³-hybridized carbons (Fsp3) is 0.188. The third-order valence-corrected chi connectivity index (χ3v) is 3.94. The fourth-order valence-electron chi connectivity index (χ4n) is 1.71. The second kappa shape index (κ2) is 10.6. The standard InChI is InChI=1S/C14H15N3O3S.C2H2O4/c1-10(15-9-13-6-3-7-21-13)14(18)16-11-4-2-5-12(8-11)17(19)20;3-1(4)2(5)6/h2-8,10,15H,9H2,1H3,(H,16,18);(H,3,4)(H,5,6). The normalized spacial score (nSPS) is 10.9. The van der Waals surface area contributed by atoms with Crippen LogP contribution < -0.4 is 10.6 Å². The smallest absolute Gasteiger partial charge is 0.414 e. The molecule has 0 saturated carbocycles. The van der Waals surface area contributed by atoms with Crippen molar-refractivity contribution in [1.29, 1.82) is 0 Å². The molecule has 0 aliphatic carbocycles. The molecule has 144 valence electrons. The first-order valence-corrected chi connectivity index (χ1v) is 8.36. The zero-order chi connectivity index (χ0) is 20.4. The highest BCUT2D eigenvalue weighted by atomic mass is 32.1. The van der Waals surface area contributed by atoms with Crippen LogP contribution in [0.25, 0.3) is 0 Å². The fourth-order valence-corrected chi connectivity index (χ4v) is 2.36. The zero-order valence-corrected chi connectivity index (χ0v) is 14.9. The number of non-ortho nitro benzene ring substituents is 1. The van der Waals surface area contributed by atoms with Crippen LogP contribution in [0.3, 0.4) is 0 Å². The van der Waals surface area contributed by atoms with Gasteiger partial charge in [-0.3, -0.25) is 14.9 Å². The number of thiophene rings is 1. The first kappa shape index (κ1) is 21.7. The van der Waals surface area contributed by atoms with Gasteiger partial charge in [-0.2, -0.15) is 0 Å². The Hall–Kier alpha value is -3.31. The van der Waals surface area contributed by atoms with Crippen LogP contribution in [0.5, 0.6) is 0 Å². The molecule has 11 heteroatoms. The van der Waals surface area contributed by atoms with Crippen LogP contribution >= 0.6 is 11.3 Å². The molecule has 0 fully saturated rings. The minimum atomic E-state index is -1.82. The molecular formula is C16H17N3O7S. The van der Waals surface area contributed by atoms with Crippen molar-refractivity contribution in [1.82, 2.24) is 5.32 Å². The average Bonchev–Trinajstić information content (AvgIpc) is 3.13. The summed E-state index contributed by atoms with van der Waals surface area (Å²) in [5.74, 6) is -3.88. The summed E-state index contributed by atoms with van der Waals surface area (Å²) in [5, 5.41) is 33.2. The highest BCUT2D eigenvalue weighted by Crippen LogP contribution is 2.17. The number of benzene rings is 1. The lowest BCUT2D eigenvalue weighted by molar-refractivity contribution is -0.384. The van der Waals surface area contributed by atoms with Gasteiger partial charge in [0.05, 0.1) is 11.0 Å². The van der Waals surface area contributed by atoms with E-state index in [0.717, 1.165) is 4.88 Å². The second-order valence-electron chi connectivity index (χ2n) is 5.09. The highest BCUT2D eigenvalue weighted by molar-refractivity contribution is 7.09. The van der Waals surface area contributed by atoms with Gasteiger partial charge >= 0.3 is 11.9 Å². The first-order chi connectivity index (χ1) is 12.7. The number of hydrogen-bond acceptors (Lipinski definition) is 7. The van der Waals surface area contributed by atoms with Gasteiger partial charge in [-0.15, -0.1) is 11.3 Å². The SMILES string of the molecule is CC(NCc1cccs1)C(=O)Nc1cccc([N+](=O)[O-])c1.O=C(O)C(=O)O. The molecule has 2 aromatic rings. The molecule has 0 aliphatic rings. The van der Waals surface area contributed by atoms with Crippen molar-refractivity contribution < 1.29 is 29.5 Å². The second-order valence-corrected chi connectivity index (χ2v) is 6.12. The van der Waals surface area contributed by atoms with Crippen molar-refractivity contribution >= 4 is 40.6 Å². The predicted octanol–water partition coefficient (Wildman–Crippen LogP) is 1.93. The molecular weight excluding hydrogens is 378 g/mol. The predicted molar refractivity (Wildman–Crippen MR) is 97.6 cm³/mol. The quantitative estimate of drug-likeness (QED) is 0.328. The zero-order valence-electron chi connectivity index (χ0n) is 14.1. The molecule has 0 spiro atoms.